The van der Waals surface area contributed by atoms with E-state index in [9.17, 15) is 9.59 Å². The average molecular weight is 464 g/mol. The number of imidazole rings is 1. The number of nitrogens with two attached hydrogens (primary N) is 1. The van der Waals surface area contributed by atoms with Crippen LogP contribution in [0.25, 0.3) is 0 Å². The van der Waals surface area contributed by atoms with Crippen molar-refractivity contribution in [2.45, 2.75) is 57.8 Å². The fourth-order valence-electron chi connectivity index (χ4n) is 3.37. The Balaban J connectivity index is 1.64. The maximum atomic E-state index is 13.0. The summed E-state index contributed by atoms with van der Waals surface area (Å²) >= 11 is 0. The van der Waals surface area contributed by atoms with E-state index in [1.807, 2.05) is 75.4 Å². The molecule has 2 aromatic carbocycles. The van der Waals surface area contributed by atoms with Crippen LogP contribution in [0.2, 0.25) is 0 Å². The lowest BCUT2D eigenvalue weighted by Gasteiger charge is -2.26. The molecule has 1 heterocycles. The Hall–Kier alpha value is -3.65. The molecule has 0 saturated carbocycles. The van der Waals surface area contributed by atoms with E-state index in [2.05, 4.69) is 20.6 Å². The standard InChI is InChI=1S/C26H33N5O3/c1-26(2,3)31-25(33)23(30-24(32)22(27)14-20-15-28-17-29-20)13-18-9-11-21(12-10-18)34-16-19-7-5-4-6-8-19/h4-12,15,17,22-23H,13-14,16,27H2,1-3H3,(H,28,29)(H,30,32)(H,31,33)/t22-,23+/m0/s1. The number of benzene rings is 2. The Bertz CT molecular complexity index is 1040. The van der Waals surface area contributed by atoms with Gasteiger partial charge in [0.15, 0.2) is 0 Å². The zero-order valence-electron chi connectivity index (χ0n) is 19.9. The predicted octanol–water partition coefficient (Wildman–Crippen LogP) is 2.50. The quantitative estimate of drug-likeness (QED) is 0.368. The van der Waals surface area contributed by atoms with Crippen LogP contribution in [0.15, 0.2) is 67.1 Å². The molecule has 0 fully saturated rings. The Kier molecular flexibility index (Phi) is 8.43. The second-order valence-corrected chi connectivity index (χ2v) is 9.31. The summed E-state index contributed by atoms with van der Waals surface area (Å²) < 4.78 is 5.84. The number of nitrogens with zero attached hydrogens (tertiary/aromatic N) is 1. The van der Waals surface area contributed by atoms with E-state index in [1.165, 1.54) is 6.33 Å². The summed E-state index contributed by atoms with van der Waals surface area (Å²) in [5, 5.41) is 5.76. The summed E-state index contributed by atoms with van der Waals surface area (Å²) in [6.45, 7) is 6.16. The van der Waals surface area contributed by atoms with Gasteiger partial charge in [-0.15, -0.1) is 0 Å². The van der Waals surface area contributed by atoms with Crippen LogP contribution < -0.4 is 21.1 Å². The predicted molar refractivity (Wildman–Crippen MR) is 131 cm³/mol. The molecule has 5 N–H and O–H groups in total. The van der Waals surface area contributed by atoms with Crippen molar-refractivity contribution in [3.8, 4) is 5.75 Å². The van der Waals surface area contributed by atoms with E-state index in [-0.39, 0.29) is 5.91 Å². The van der Waals surface area contributed by atoms with Gasteiger partial charge in [-0.1, -0.05) is 42.5 Å². The van der Waals surface area contributed by atoms with Gasteiger partial charge in [0, 0.05) is 30.3 Å². The lowest BCUT2D eigenvalue weighted by atomic mass is 10.0. The minimum atomic E-state index is -0.806. The highest BCUT2D eigenvalue weighted by atomic mass is 16.5. The van der Waals surface area contributed by atoms with Gasteiger partial charge < -0.3 is 26.1 Å². The number of aromatic nitrogens is 2. The molecule has 2 amide bonds. The molecule has 8 nitrogen and oxygen atoms in total. The Morgan fingerprint density at radius 1 is 1.00 bits per heavy atom. The first kappa shape index (κ1) is 25.0. The second kappa shape index (κ2) is 11.5. The number of rotatable bonds is 10. The van der Waals surface area contributed by atoms with Crippen molar-refractivity contribution in [2.75, 3.05) is 0 Å². The molecule has 0 aliphatic carbocycles. The molecule has 0 aliphatic heterocycles. The lowest BCUT2D eigenvalue weighted by molar-refractivity contribution is -0.130. The molecule has 0 bridgehead atoms. The molecule has 1 aromatic heterocycles. The molecule has 34 heavy (non-hydrogen) atoms. The smallest absolute Gasteiger partial charge is 0.243 e. The normalized spacial score (nSPS) is 13.1. The third-order valence-electron chi connectivity index (χ3n) is 5.07. The fraction of sp³-hybridized carbons (Fsp3) is 0.346. The maximum Gasteiger partial charge on any atom is 0.243 e. The first-order valence-corrected chi connectivity index (χ1v) is 11.3. The van der Waals surface area contributed by atoms with Gasteiger partial charge in [0.05, 0.1) is 12.4 Å². The minimum Gasteiger partial charge on any atom is -0.489 e. The number of H-pyrrole nitrogens is 1. The highest BCUT2D eigenvalue weighted by molar-refractivity contribution is 5.90. The Labute approximate surface area is 200 Å². The number of hydrogen-bond donors (Lipinski definition) is 4. The SMILES string of the molecule is CC(C)(C)NC(=O)[C@@H](Cc1ccc(OCc2ccccc2)cc1)NC(=O)[C@@H](N)Cc1cnc[nH]1. The monoisotopic (exact) mass is 463 g/mol. The van der Waals surface area contributed by atoms with Crippen molar-refractivity contribution in [2.24, 2.45) is 5.73 Å². The van der Waals surface area contributed by atoms with Crippen molar-refractivity contribution >= 4 is 11.8 Å². The summed E-state index contributed by atoms with van der Waals surface area (Å²) in [4.78, 5) is 32.6. The molecule has 180 valence electrons. The van der Waals surface area contributed by atoms with Crippen LogP contribution in [0, 0.1) is 0 Å². The zero-order chi connectivity index (χ0) is 24.6. The van der Waals surface area contributed by atoms with E-state index in [1.54, 1.807) is 6.20 Å². The molecule has 3 aromatic rings. The second-order valence-electron chi connectivity index (χ2n) is 9.31. The van der Waals surface area contributed by atoms with E-state index in [4.69, 9.17) is 10.5 Å². The maximum absolute atomic E-state index is 13.0. The van der Waals surface area contributed by atoms with Gasteiger partial charge in [-0.05, 0) is 44.0 Å². The highest BCUT2D eigenvalue weighted by Crippen LogP contribution is 2.16. The summed E-state index contributed by atoms with van der Waals surface area (Å²) in [6.07, 6.45) is 3.78. The fourth-order valence-corrected chi connectivity index (χ4v) is 3.37. The summed E-state index contributed by atoms with van der Waals surface area (Å²) in [7, 11) is 0. The van der Waals surface area contributed by atoms with Gasteiger partial charge in [-0.25, -0.2) is 4.98 Å². The van der Waals surface area contributed by atoms with Crippen LogP contribution >= 0.6 is 0 Å². The van der Waals surface area contributed by atoms with E-state index in [0.29, 0.717) is 19.4 Å². The number of ether oxygens (including phenoxy) is 1. The number of amides is 2. The van der Waals surface area contributed by atoms with E-state index in [0.717, 1.165) is 22.6 Å². The third-order valence-corrected chi connectivity index (χ3v) is 5.07. The van der Waals surface area contributed by atoms with Crippen molar-refractivity contribution in [1.82, 2.24) is 20.6 Å². The third kappa shape index (κ3) is 8.04. The van der Waals surface area contributed by atoms with Gasteiger partial charge in [0.25, 0.3) is 0 Å². The highest BCUT2D eigenvalue weighted by Gasteiger charge is 2.27. The van der Waals surface area contributed by atoms with E-state index < -0.39 is 23.5 Å². The van der Waals surface area contributed by atoms with Crippen LogP contribution in [-0.4, -0.2) is 39.4 Å². The number of nitrogens with one attached hydrogen (secondary N) is 3. The first-order valence-electron chi connectivity index (χ1n) is 11.3. The minimum absolute atomic E-state index is 0.265. The first-order chi connectivity index (χ1) is 16.2. The summed E-state index contributed by atoms with van der Waals surface area (Å²) in [5.41, 5.74) is 8.36. The number of hydrogen-bond acceptors (Lipinski definition) is 5. The van der Waals surface area contributed by atoms with Gasteiger partial charge >= 0.3 is 0 Å². The molecule has 0 spiro atoms. The molecule has 0 unspecified atom stereocenters. The molecular formula is C26H33N5O3. The zero-order valence-corrected chi connectivity index (χ0v) is 19.9. The van der Waals surface area contributed by atoms with Crippen molar-refractivity contribution in [1.29, 1.82) is 0 Å². The molecule has 0 aliphatic rings. The molecule has 3 rings (SSSR count). The van der Waals surface area contributed by atoms with Crippen LogP contribution in [0.3, 0.4) is 0 Å². The molecular weight excluding hydrogens is 430 g/mol. The average Bonchev–Trinajstić information content (AvgIpc) is 3.30. The van der Waals surface area contributed by atoms with E-state index >= 15 is 0 Å². The van der Waals surface area contributed by atoms with Crippen molar-refractivity contribution < 1.29 is 14.3 Å². The molecule has 8 heteroatoms. The number of carbonyl (C=O) groups excluding carboxylic acids is 2. The molecule has 0 radical (unpaired) electrons. The van der Waals surface area contributed by atoms with Gasteiger partial charge in [0.2, 0.25) is 11.8 Å². The van der Waals surface area contributed by atoms with Gasteiger partial charge in [-0.2, -0.15) is 0 Å². The van der Waals surface area contributed by atoms with Crippen molar-refractivity contribution in [3.63, 3.8) is 0 Å². The van der Waals surface area contributed by atoms with Crippen LogP contribution in [0.1, 0.15) is 37.6 Å². The lowest BCUT2D eigenvalue weighted by Crippen LogP contribution is -2.56. The van der Waals surface area contributed by atoms with Crippen LogP contribution in [0.4, 0.5) is 0 Å². The van der Waals surface area contributed by atoms with Crippen LogP contribution in [0.5, 0.6) is 5.75 Å². The molecule has 2 atom stereocenters. The number of carbonyl (C=O) groups is 2. The topological polar surface area (TPSA) is 122 Å². The largest absolute Gasteiger partial charge is 0.489 e. The van der Waals surface area contributed by atoms with Gasteiger partial charge in [0.1, 0.15) is 18.4 Å². The van der Waals surface area contributed by atoms with Crippen molar-refractivity contribution in [3.05, 3.63) is 83.9 Å². The Morgan fingerprint density at radius 3 is 2.32 bits per heavy atom. The van der Waals surface area contributed by atoms with Crippen LogP contribution in [-0.2, 0) is 29.0 Å². The summed E-state index contributed by atoms with van der Waals surface area (Å²) in [5.74, 6) is 0.0689. The van der Waals surface area contributed by atoms with Gasteiger partial charge in [-0.3, -0.25) is 9.59 Å². The number of aromatic amines is 1. The molecule has 0 saturated heterocycles. The summed E-state index contributed by atoms with van der Waals surface area (Å²) in [6, 6.07) is 15.9. The Morgan fingerprint density at radius 2 is 1.71 bits per heavy atom.